The van der Waals surface area contributed by atoms with Crippen LogP contribution in [-0.2, 0) is 0 Å². The van der Waals surface area contributed by atoms with E-state index in [0.29, 0.717) is 0 Å². The van der Waals surface area contributed by atoms with Crippen molar-refractivity contribution in [1.82, 2.24) is 0 Å². The highest BCUT2D eigenvalue weighted by atomic mass is 14.1. The van der Waals surface area contributed by atoms with Gasteiger partial charge >= 0.3 is 0 Å². The summed E-state index contributed by atoms with van der Waals surface area (Å²) in [5.41, 5.74) is 4.36. The van der Waals surface area contributed by atoms with Gasteiger partial charge in [-0.15, -0.1) is 0 Å². The van der Waals surface area contributed by atoms with E-state index in [9.17, 15) is 0 Å². The molecule has 0 aromatic heterocycles. The minimum Gasteiger partial charge on any atom is -0.0558 e. The van der Waals surface area contributed by atoms with Gasteiger partial charge in [-0.3, -0.25) is 0 Å². The van der Waals surface area contributed by atoms with Gasteiger partial charge in [0.15, 0.2) is 0 Å². The second-order valence-corrected chi connectivity index (χ2v) is 2.14. The van der Waals surface area contributed by atoms with Crippen molar-refractivity contribution in [2.45, 2.75) is 20.8 Å². The molecule has 0 heteroatoms. The number of allylic oxidation sites excluding steroid dienone is 4. The van der Waals surface area contributed by atoms with Crippen LogP contribution in [0.15, 0.2) is 22.8 Å². The second-order valence-electron chi connectivity index (χ2n) is 2.14. The molecular weight excluding hydrogens is 84.1 g/mol. The Balaban J connectivity index is 2.73. The molecule has 1 aliphatic carbocycles. The number of hydrogen-bond donors (Lipinski definition) is 0. The summed E-state index contributed by atoms with van der Waals surface area (Å²) in [6, 6.07) is 0. The van der Waals surface area contributed by atoms with Crippen molar-refractivity contribution in [3.05, 3.63) is 22.8 Å². The highest BCUT2D eigenvalue weighted by Gasteiger charge is 2.04. The molecule has 1 rings (SSSR count). The summed E-state index contributed by atoms with van der Waals surface area (Å²) in [4.78, 5) is 0. The maximum Gasteiger partial charge on any atom is -0.0392 e. The summed E-state index contributed by atoms with van der Waals surface area (Å²) >= 11 is 0. The fourth-order valence-electron chi connectivity index (χ4n) is 0.775. The maximum atomic E-state index is 2.20. The van der Waals surface area contributed by atoms with Crippen molar-refractivity contribution >= 4 is 0 Å². The van der Waals surface area contributed by atoms with Gasteiger partial charge in [0.1, 0.15) is 0 Å². The molecular formula is C7H10. The van der Waals surface area contributed by atoms with Crippen molar-refractivity contribution in [2.75, 3.05) is 0 Å². The summed E-state index contributed by atoms with van der Waals surface area (Å²) in [6.07, 6.45) is 2.20. The van der Waals surface area contributed by atoms with Crippen LogP contribution in [0.25, 0.3) is 0 Å². The Morgan fingerprint density at radius 1 is 1.14 bits per heavy atom. The molecule has 0 fully saturated rings. The van der Waals surface area contributed by atoms with Crippen LogP contribution >= 0.6 is 0 Å². The van der Waals surface area contributed by atoms with Crippen LogP contribution in [0.4, 0.5) is 0 Å². The maximum absolute atomic E-state index is 2.20. The molecule has 0 amide bonds. The molecule has 0 aromatic carbocycles. The van der Waals surface area contributed by atoms with Crippen molar-refractivity contribution in [2.24, 2.45) is 0 Å². The lowest BCUT2D eigenvalue weighted by atomic mass is 9.93. The first-order chi connectivity index (χ1) is 3.22. The predicted octanol–water partition coefficient (Wildman–Crippen LogP) is 2.28. The number of rotatable bonds is 0. The van der Waals surface area contributed by atoms with E-state index in [4.69, 9.17) is 0 Å². The van der Waals surface area contributed by atoms with Crippen LogP contribution in [-0.4, -0.2) is 0 Å². The third-order valence-corrected chi connectivity index (χ3v) is 1.62. The third-order valence-electron chi connectivity index (χ3n) is 1.62. The summed E-state index contributed by atoms with van der Waals surface area (Å²) < 4.78 is 0. The number of hydrogen-bond acceptors (Lipinski definition) is 0. The van der Waals surface area contributed by atoms with E-state index in [0.717, 1.165) is 0 Å². The lowest BCUT2D eigenvalue weighted by molar-refractivity contribution is 1.19. The van der Waals surface area contributed by atoms with Gasteiger partial charge in [0, 0.05) is 0 Å². The fourth-order valence-corrected chi connectivity index (χ4v) is 0.775. The molecule has 0 unspecified atom stereocenters. The summed E-state index contributed by atoms with van der Waals surface area (Å²) in [5, 5.41) is 0. The largest absolute Gasteiger partial charge is 0.0558 e. The van der Waals surface area contributed by atoms with Crippen LogP contribution in [0.2, 0.25) is 0 Å². The van der Waals surface area contributed by atoms with Gasteiger partial charge in [-0.2, -0.15) is 0 Å². The normalized spacial score (nSPS) is 19.0. The molecule has 0 nitrogen and oxygen atoms in total. The Morgan fingerprint density at radius 2 is 1.71 bits per heavy atom. The van der Waals surface area contributed by atoms with Crippen LogP contribution in [0, 0.1) is 0 Å². The van der Waals surface area contributed by atoms with E-state index in [1.54, 1.807) is 0 Å². The average Bonchev–Trinajstić information content (AvgIpc) is 1.68. The minimum absolute atomic E-state index is 1.44. The zero-order valence-electron chi connectivity index (χ0n) is 5.08. The van der Waals surface area contributed by atoms with Gasteiger partial charge in [-0.25, -0.2) is 0 Å². The Bertz CT molecular complexity index is 147. The minimum atomic E-state index is 1.44. The van der Waals surface area contributed by atoms with Crippen LogP contribution in [0.1, 0.15) is 20.8 Å². The molecule has 0 spiro atoms. The topological polar surface area (TPSA) is 0 Å². The predicted molar refractivity (Wildman–Crippen MR) is 32.1 cm³/mol. The SMILES string of the molecule is CC1=CC(C)=C1C. The van der Waals surface area contributed by atoms with Gasteiger partial charge in [-0.1, -0.05) is 6.08 Å². The standard InChI is InChI=1S/C7H10/c1-5-4-6(2)7(5)3/h4H,1-3H3. The monoisotopic (exact) mass is 94.1 g/mol. The first kappa shape index (κ1) is 4.63. The van der Waals surface area contributed by atoms with Crippen LogP contribution in [0.3, 0.4) is 0 Å². The van der Waals surface area contributed by atoms with Crippen molar-refractivity contribution in [1.29, 1.82) is 0 Å². The smallest absolute Gasteiger partial charge is 0.0392 e. The molecule has 0 radical (unpaired) electrons. The van der Waals surface area contributed by atoms with E-state index in [1.807, 2.05) is 0 Å². The van der Waals surface area contributed by atoms with E-state index in [2.05, 4.69) is 26.8 Å². The zero-order valence-corrected chi connectivity index (χ0v) is 5.08. The third kappa shape index (κ3) is 0.504. The van der Waals surface area contributed by atoms with E-state index >= 15 is 0 Å². The first-order valence-corrected chi connectivity index (χ1v) is 2.58. The van der Waals surface area contributed by atoms with E-state index in [-0.39, 0.29) is 0 Å². The Hall–Kier alpha value is -0.520. The summed E-state index contributed by atoms with van der Waals surface area (Å²) in [7, 11) is 0. The van der Waals surface area contributed by atoms with Crippen LogP contribution in [0.5, 0.6) is 0 Å². The van der Waals surface area contributed by atoms with E-state index in [1.165, 1.54) is 16.7 Å². The molecule has 7 heavy (non-hydrogen) atoms. The Kier molecular flexibility index (Phi) is 0.810. The van der Waals surface area contributed by atoms with Crippen molar-refractivity contribution < 1.29 is 0 Å². The molecule has 0 bridgehead atoms. The van der Waals surface area contributed by atoms with Gasteiger partial charge in [-0.05, 0) is 37.5 Å². The average molecular weight is 94.2 g/mol. The highest BCUT2D eigenvalue weighted by molar-refractivity contribution is 5.48. The molecule has 38 valence electrons. The Morgan fingerprint density at radius 3 is 1.71 bits per heavy atom. The lowest BCUT2D eigenvalue weighted by Gasteiger charge is -2.13. The van der Waals surface area contributed by atoms with E-state index < -0.39 is 0 Å². The molecule has 0 saturated heterocycles. The summed E-state index contributed by atoms with van der Waals surface area (Å²) in [6.45, 7) is 6.44. The van der Waals surface area contributed by atoms with Gasteiger partial charge < -0.3 is 0 Å². The fraction of sp³-hybridized carbons (Fsp3) is 0.429. The van der Waals surface area contributed by atoms with Crippen molar-refractivity contribution in [3.63, 3.8) is 0 Å². The van der Waals surface area contributed by atoms with Gasteiger partial charge in [0.2, 0.25) is 0 Å². The molecule has 0 aromatic rings. The van der Waals surface area contributed by atoms with Crippen LogP contribution < -0.4 is 0 Å². The van der Waals surface area contributed by atoms with Gasteiger partial charge in [0.25, 0.3) is 0 Å². The summed E-state index contributed by atoms with van der Waals surface area (Å²) in [5.74, 6) is 0. The van der Waals surface area contributed by atoms with Gasteiger partial charge in [0.05, 0.1) is 0 Å². The molecule has 0 heterocycles. The molecule has 1 aliphatic rings. The molecule has 0 N–H and O–H groups in total. The molecule has 0 atom stereocenters. The first-order valence-electron chi connectivity index (χ1n) is 2.58. The molecule has 0 aliphatic heterocycles. The highest BCUT2D eigenvalue weighted by Crippen LogP contribution is 2.24. The lowest BCUT2D eigenvalue weighted by Crippen LogP contribution is -1.93. The zero-order chi connectivity index (χ0) is 5.44. The second kappa shape index (κ2) is 1.22. The quantitative estimate of drug-likeness (QED) is 0.432. The van der Waals surface area contributed by atoms with Crippen molar-refractivity contribution in [3.8, 4) is 0 Å². The Labute approximate surface area is 44.5 Å². The molecule has 0 saturated carbocycles.